The van der Waals surface area contributed by atoms with E-state index in [1.807, 2.05) is 30.5 Å². The molecular weight excluding hydrogens is 344 g/mol. The lowest BCUT2D eigenvalue weighted by atomic mass is 10.2. The second kappa shape index (κ2) is 10.9. The summed E-state index contributed by atoms with van der Waals surface area (Å²) < 4.78 is 12.4. The SMILES string of the molecule is CN=C(NCCCCn1ccccc1=O)NCc1ccc(OC)cc1OC. The van der Waals surface area contributed by atoms with Crippen molar-refractivity contribution < 1.29 is 9.47 Å². The number of aliphatic imine (C=N–C) groups is 1. The van der Waals surface area contributed by atoms with Crippen molar-refractivity contribution in [1.29, 1.82) is 0 Å². The van der Waals surface area contributed by atoms with E-state index in [1.54, 1.807) is 38.0 Å². The number of hydrogen-bond donors (Lipinski definition) is 2. The number of rotatable bonds is 9. The van der Waals surface area contributed by atoms with Crippen molar-refractivity contribution in [2.24, 2.45) is 4.99 Å². The third-order valence-corrected chi connectivity index (χ3v) is 4.18. The molecule has 0 spiro atoms. The Kier molecular flexibility index (Phi) is 8.22. The lowest BCUT2D eigenvalue weighted by Crippen LogP contribution is -2.37. The van der Waals surface area contributed by atoms with Gasteiger partial charge in [0.2, 0.25) is 5.56 Å². The summed E-state index contributed by atoms with van der Waals surface area (Å²) in [6, 6.07) is 10.9. The zero-order chi connectivity index (χ0) is 19.5. The molecule has 0 amide bonds. The lowest BCUT2D eigenvalue weighted by Gasteiger charge is -2.14. The average molecular weight is 372 g/mol. The number of benzene rings is 1. The fraction of sp³-hybridized carbons (Fsp3) is 0.400. The van der Waals surface area contributed by atoms with E-state index >= 15 is 0 Å². The number of unbranched alkanes of at least 4 members (excludes halogenated alkanes) is 1. The Bertz CT molecular complexity index is 802. The van der Waals surface area contributed by atoms with Crippen molar-refractivity contribution in [3.05, 3.63) is 58.5 Å². The van der Waals surface area contributed by atoms with Crippen LogP contribution >= 0.6 is 0 Å². The molecule has 146 valence electrons. The van der Waals surface area contributed by atoms with Crippen LogP contribution in [0.15, 0.2) is 52.4 Å². The van der Waals surface area contributed by atoms with Gasteiger partial charge in [0.05, 0.1) is 14.2 Å². The fourth-order valence-electron chi connectivity index (χ4n) is 2.66. The van der Waals surface area contributed by atoms with E-state index in [4.69, 9.17) is 9.47 Å². The predicted molar refractivity (Wildman–Crippen MR) is 108 cm³/mol. The summed E-state index contributed by atoms with van der Waals surface area (Å²) in [5.41, 5.74) is 1.06. The summed E-state index contributed by atoms with van der Waals surface area (Å²) in [6.07, 6.45) is 3.67. The molecule has 0 saturated carbocycles. The molecule has 1 aromatic heterocycles. The molecule has 0 aliphatic rings. The summed E-state index contributed by atoms with van der Waals surface area (Å²) in [6.45, 7) is 2.09. The van der Waals surface area contributed by atoms with Gasteiger partial charge in [-0.2, -0.15) is 0 Å². The Balaban J connectivity index is 1.75. The smallest absolute Gasteiger partial charge is 0.250 e. The summed E-state index contributed by atoms with van der Waals surface area (Å²) >= 11 is 0. The van der Waals surface area contributed by atoms with Gasteiger partial charge in [0, 0.05) is 50.6 Å². The molecule has 0 fully saturated rings. The average Bonchev–Trinajstić information content (AvgIpc) is 2.71. The maximum atomic E-state index is 11.7. The molecule has 2 rings (SSSR count). The van der Waals surface area contributed by atoms with Crippen LogP contribution < -0.4 is 25.7 Å². The van der Waals surface area contributed by atoms with Gasteiger partial charge in [0.1, 0.15) is 11.5 Å². The second-order valence-corrected chi connectivity index (χ2v) is 5.97. The van der Waals surface area contributed by atoms with Crippen LogP contribution in [0.5, 0.6) is 11.5 Å². The van der Waals surface area contributed by atoms with E-state index in [0.717, 1.165) is 49.0 Å². The number of nitrogens with zero attached hydrogens (tertiary/aromatic N) is 2. The van der Waals surface area contributed by atoms with Gasteiger partial charge < -0.3 is 24.7 Å². The molecule has 2 N–H and O–H groups in total. The number of pyridine rings is 1. The van der Waals surface area contributed by atoms with Gasteiger partial charge in [-0.25, -0.2) is 0 Å². The third-order valence-electron chi connectivity index (χ3n) is 4.18. The first-order chi connectivity index (χ1) is 13.2. The van der Waals surface area contributed by atoms with Gasteiger partial charge in [-0.1, -0.05) is 6.07 Å². The van der Waals surface area contributed by atoms with Crippen LogP contribution in [0.25, 0.3) is 0 Å². The minimum atomic E-state index is 0.0383. The quantitative estimate of drug-likeness (QED) is 0.400. The Morgan fingerprint density at radius 2 is 1.96 bits per heavy atom. The fourth-order valence-corrected chi connectivity index (χ4v) is 2.66. The minimum Gasteiger partial charge on any atom is -0.497 e. The van der Waals surface area contributed by atoms with Crippen LogP contribution in [0, 0.1) is 0 Å². The van der Waals surface area contributed by atoms with E-state index in [0.29, 0.717) is 6.54 Å². The summed E-state index contributed by atoms with van der Waals surface area (Å²) in [4.78, 5) is 15.9. The first-order valence-electron chi connectivity index (χ1n) is 8.99. The third kappa shape index (κ3) is 6.36. The molecule has 0 radical (unpaired) electrons. The monoisotopic (exact) mass is 372 g/mol. The van der Waals surface area contributed by atoms with Crippen LogP contribution in [0.1, 0.15) is 18.4 Å². The largest absolute Gasteiger partial charge is 0.497 e. The molecule has 7 nitrogen and oxygen atoms in total. The first kappa shape index (κ1) is 20.4. The molecule has 0 saturated heterocycles. The number of methoxy groups -OCH3 is 2. The number of ether oxygens (including phenoxy) is 2. The topological polar surface area (TPSA) is 76.9 Å². The van der Waals surface area contributed by atoms with Crippen LogP contribution in [-0.2, 0) is 13.1 Å². The molecule has 0 aliphatic carbocycles. The van der Waals surface area contributed by atoms with E-state index in [-0.39, 0.29) is 5.56 Å². The highest BCUT2D eigenvalue weighted by Crippen LogP contribution is 2.24. The normalized spacial score (nSPS) is 11.1. The lowest BCUT2D eigenvalue weighted by molar-refractivity contribution is 0.390. The van der Waals surface area contributed by atoms with Gasteiger partial charge in [-0.3, -0.25) is 9.79 Å². The van der Waals surface area contributed by atoms with Crippen molar-refractivity contribution in [1.82, 2.24) is 15.2 Å². The van der Waals surface area contributed by atoms with Gasteiger partial charge in [-0.05, 0) is 31.0 Å². The summed E-state index contributed by atoms with van der Waals surface area (Å²) in [7, 11) is 5.01. The molecule has 1 heterocycles. The van der Waals surface area contributed by atoms with E-state index < -0.39 is 0 Å². The maximum absolute atomic E-state index is 11.7. The van der Waals surface area contributed by atoms with Crippen LogP contribution in [0.4, 0.5) is 0 Å². The first-order valence-corrected chi connectivity index (χ1v) is 8.99. The van der Waals surface area contributed by atoms with Gasteiger partial charge in [0.15, 0.2) is 5.96 Å². The molecule has 1 aromatic carbocycles. The molecule has 0 bridgehead atoms. The van der Waals surface area contributed by atoms with Crippen LogP contribution in [-0.4, -0.2) is 38.3 Å². The van der Waals surface area contributed by atoms with Gasteiger partial charge >= 0.3 is 0 Å². The van der Waals surface area contributed by atoms with Gasteiger partial charge in [-0.15, -0.1) is 0 Å². The van der Waals surface area contributed by atoms with Crippen LogP contribution in [0.2, 0.25) is 0 Å². The van der Waals surface area contributed by atoms with Crippen molar-refractivity contribution >= 4 is 5.96 Å². The molecule has 27 heavy (non-hydrogen) atoms. The minimum absolute atomic E-state index is 0.0383. The number of guanidine groups is 1. The van der Waals surface area contributed by atoms with Crippen molar-refractivity contribution in [3.63, 3.8) is 0 Å². The Morgan fingerprint density at radius 1 is 1.11 bits per heavy atom. The Morgan fingerprint density at radius 3 is 2.67 bits per heavy atom. The number of nitrogens with one attached hydrogen (secondary N) is 2. The highest BCUT2D eigenvalue weighted by molar-refractivity contribution is 5.79. The van der Waals surface area contributed by atoms with Gasteiger partial charge in [0.25, 0.3) is 0 Å². The second-order valence-electron chi connectivity index (χ2n) is 5.97. The van der Waals surface area contributed by atoms with Crippen molar-refractivity contribution in [2.75, 3.05) is 27.8 Å². The highest BCUT2D eigenvalue weighted by atomic mass is 16.5. The van der Waals surface area contributed by atoms with E-state index in [2.05, 4.69) is 15.6 Å². The highest BCUT2D eigenvalue weighted by Gasteiger charge is 2.06. The molecule has 7 heteroatoms. The van der Waals surface area contributed by atoms with Crippen LogP contribution in [0.3, 0.4) is 0 Å². The molecule has 0 aliphatic heterocycles. The van der Waals surface area contributed by atoms with Crippen molar-refractivity contribution in [2.45, 2.75) is 25.9 Å². The predicted octanol–water partition coefficient (Wildman–Crippen LogP) is 2.01. The maximum Gasteiger partial charge on any atom is 0.250 e. The molecule has 0 unspecified atom stereocenters. The number of aryl methyl sites for hydroxylation is 1. The molecular formula is C20H28N4O3. The van der Waals surface area contributed by atoms with E-state index in [1.165, 1.54) is 0 Å². The molecule has 2 aromatic rings. The Hall–Kier alpha value is -2.96. The Labute approximate surface area is 160 Å². The zero-order valence-electron chi connectivity index (χ0n) is 16.2. The molecule has 0 atom stereocenters. The standard InChI is InChI=1S/C20H28N4O3/c1-21-20(22-11-5-7-13-24-12-6-4-8-19(24)25)23-15-16-9-10-17(26-2)14-18(16)27-3/h4,6,8-10,12,14H,5,7,11,13,15H2,1-3H3,(H2,21,22,23). The number of hydrogen-bond acceptors (Lipinski definition) is 4. The number of aromatic nitrogens is 1. The summed E-state index contributed by atoms with van der Waals surface area (Å²) in [5.74, 6) is 2.26. The van der Waals surface area contributed by atoms with E-state index in [9.17, 15) is 4.79 Å². The van der Waals surface area contributed by atoms with Crippen molar-refractivity contribution in [3.8, 4) is 11.5 Å². The summed E-state index contributed by atoms with van der Waals surface area (Å²) in [5, 5.41) is 6.57. The zero-order valence-corrected chi connectivity index (χ0v) is 16.2.